The summed E-state index contributed by atoms with van der Waals surface area (Å²) in [5.74, 6) is -0.453. The Morgan fingerprint density at radius 3 is 3.07 bits per heavy atom. The Balaban J connectivity index is 1.92. The summed E-state index contributed by atoms with van der Waals surface area (Å²) in [5.41, 5.74) is 5.73. The third-order valence-electron chi connectivity index (χ3n) is 1.99. The first-order chi connectivity index (χ1) is 6.65. The maximum Gasteiger partial charge on any atom is 0.239 e. The van der Waals surface area contributed by atoms with E-state index < -0.39 is 12.1 Å². The minimum atomic E-state index is -0.453. The van der Waals surface area contributed by atoms with Crippen molar-refractivity contribution < 1.29 is 9.90 Å². The van der Waals surface area contributed by atoms with Gasteiger partial charge in [0.2, 0.25) is 5.91 Å². The lowest BCUT2D eigenvalue weighted by Gasteiger charge is -1.92. The lowest BCUT2D eigenvalue weighted by Crippen LogP contribution is -2.18. The van der Waals surface area contributed by atoms with Crippen LogP contribution in [0.25, 0.3) is 0 Å². The third kappa shape index (κ3) is 2.06. The number of amides is 1. The smallest absolute Gasteiger partial charge is 0.239 e. The highest BCUT2D eigenvalue weighted by Gasteiger charge is 2.34. The second kappa shape index (κ2) is 3.35. The number of hydrogen-bond acceptors (Lipinski definition) is 5. The summed E-state index contributed by atoms with van der Waals surface area (Å²) in [6.45, 7) is 0.0354. The number of rotatable bonds is 4. The molecule has 0 radical (unpaired) electrons. The molecule has 14 heavy (non-hydrogen) atoms. The molecular formula is C7H11N5O2. The van der Waals surface area contributed by atoms with Gasteiger partial charge in [-0.25, -0.2) is 4.68 Å². The van der Waals surface area contributed by atoms with E-state index in [0.29, 0.717) is 6.42 Å². The number of aliphatic hydroxyl groups is 1. The summed E-state index contributed by atoms with van der Waals surface area (Å²) in [6.07, 6.45) is 1.83. The van der Waals surface area contributed by atoms with Gasteiger partial charge in [-0.2, -0.15) is 0 Å². The fraction of sp³-hybridized carbons (Fsp3) is 0.571. The van der Waals surface area contributed by atoms with Crippen molar-refractivity contribution in [2.24, 2.45) is 5.73 Å². The molecule has 1 aliphatic rings. The Morgan fingerprint density at radius 1 is 1.79 bits per heavy atom. The number of nitrogens with two attached hydrogens (primary N) is 1. The fourth-order valence-electron chi connectivity index (χ4n) is 1.23. The van der Waals surface area contributed by atoms with Crippen LogP contribution < -0.4 is 11.1 Å². The molecule has 1 saturated heterocycles. The Kier molecular flexibility index (Phi) is 2.18. The third-order valence-corrected chi connectivity index (χ3v) is 1.99. The standard InChI is InChI=1S/C7H11N5O2/c8-6(13)3-12-2-4(10-11-12)1-5-7(14)9-5/h2,5,7,9,14H,1,3H2,(H2,8,13)/t5?,7-/m0/s1. The average Bonchev–Trinajstić information content (AvgIpc) is 2.60. The van der Waals surface area contributed by atoms with Crippen molar-refractivity contribution in [1.82, 2.24) is 20.3 Å². The molecule has 2 atom stereocenters. The van der Waals surface area contributed by atoms with Crippen molar-refractivity contribution in [3.05, 3.63) is 11.9 Å². The zero-order chi connectivity index (χ0) is 10.1. The van der Waals surface area contributed by atoms with Crippen molar-refractivity contribution in [2.45, 2.75) is 25.2 Å². The predicted molar refractivity (Wildman–Crippen MR) is 45.9 cm³/mol. The van der Waals surface area contributed by atoms with E-state index >= 15 is 0 Å². The molecule has 4 N–H and O–H groups in total. The van der Waals surface area contributed by atoms with Crippen molar-refractivity contribution in [2.75, 3.05) is 0 Å². The predicted octanol–water partition coefficient (Wildman–Crippen LogP) is -2.40. The van der Waals surface area contributed by atoms with Gasteiger partial charge in [-0.1, -0.05) is 5.21 Å². The minimum absolute atomic E-state index is 0.0354. The van der Waals surface area contributed by atoms with Gasteiger partial charge >= 0.3 is 0 Å². The molecule has 7 heteroatoms. The van der Waals surface area contributed by atoms with Crippen molar-refractivity contribution in [3.63, 3.8) is 0 Å². The SMILES string of the molecule is NC(=O)Cn1cc(CC2N[C@H]2O)nn1. The molecule has 2 heterocycles. The van der Waals surface area contributed by atoms with E-state index in [0.717, 1.165) is 5.69 Å². The van der Waals surface area contributed by atoms with E-state index in [-0.39, 0.29) is 12.6 Å². The van der Waals surface area contributed by atoms with Crippen LogP contribution in [0.2, 0.25) is 0 Å². The van der Waals surface area contributed by atoms with E-state index in [1.165, 1.54) is 4.68 Å². The first-order valence-electron chi connectivity index (χ1n) is 4.26. The van der Waals surface area contributed by atoms with Gasteiger partial charge in [-0.3, -0.25) is 10.1 Å². The maximum absolute atomic E-state index is 10.5. The highest BCUT2D eigenvalue weighted by Crippen LogP contribution is 2.12. The zero-order valence-corrected chi connectivity index (χ0v) is 7.42. The molecule has 0 bridgehead atoms. The first-order valence-corrected chi connectivity index (χ1v) is 4.26. The number of carbonyl (C=O) groups is 1. The maximum atomic E-state index is 10.5. The molecule has 0 aliphatic carbocycles. The molecular weight excluding hydrogens is 186 g/mol. The van der Waals surface area contributed by atoms with E-state index in [1.54, 1.807) is 6.20 Å². The molecule has 0 aromatic carbocycles. The monoisotopic (exact) mass is 197 g/mol. The molecule has 1 fully saturated rings. The summed E-state index contributed by atoms with van der Waals surface area (Å²) in [7, 11) is 0. The summed E-state index contributed by atoms with van der Waals surface area (Å²) < 4.78 is 1.38. The number of primary amides is 1. The Labute approximate surface area is 79.9 Å². The van der Waals surface area contributed by atoms with Crippen LogP contribution in [0, 0.1) is 0 Å². The highest BCUT2D eigenvalue weighted by molar-refractivity contribution is 5.73. The zero-order valence-electron chi connectivity index (χ0n) is 7.42. The molecule has 1 unspecified atom stereocenters. The molecule has 0 saturated carbocycles. The number of carbonyl (C=O) groups excluding carboxylic acids is 1. The number of nitrogens with one attached hydrogen (secondary N) is 1. The summed E-state index contributed by atoms with van der Waals surface area (Å²) >= 11 is 0. The fourth-order valence-corrected chi connectivity index (χ4v) is 1.23. The van der Waals surface area contributed by atoms with Crippen LogP contribution in [0.5, 0.6) is 0 Å². The van der Waals surface area contributed by atoms with Gasteiger partial charge in [0.15, 0.2) is 0 Å². The van der Waals surface area contributed by atoms with Crippen LogP contribution in [0.1, 0.15) is 5.69 Å². The van der Waals surface area contributed by atoms with Gasteiger partial charge in [0.05, 0.1) is 11.7 Å². The molecule has 76 valence electrons. The van der Waals surface area contributed by atoms with E-state index in [4.69, 9.17) is 10.8 Å². The van der Waals surface area contributed by atoms with E-state index in [9.17, 15) is 4.79 Å². The highest BCUT2D eigenvalue weighted by atomic mass is 16.3. The van der Waals surface area contributed by atoms with Crippen LogP contribution in [0.15, 0.2) is 6.20 Å². The van der Waals surface area contributed by atoms with Gasteiger partial charge in [0.1, 0.15) is 12.8 Å². The first kappa shape index (κ1) is 9.10. The van der Waals surface area contributed by atoms with E-state index in [2.05, 4.69) is 15.6 Å². The number of nitrogens with zero attached hydrogens (tertiary/aromatic N) is 3. The van der Waals surface area contributed by atoms with Gasteiger partial charge in [0, 0.05) is 12.6 Å². The lowest BCUT2D eigenvalue weighted by atomic mass is 10.2. The Hall–Kier alpha value is -1.47. The van der Waals surface area contributed by atoms with Gasteiger partial charge in [-0.15, -0.1) is 5.10 Å². The molecule has 1 aliphatic heterocycles. The number of aromatic nitrogens is 3. The molecule has 1 aromatic heterocycles. The van der Waals surface area contributed by atoms with Gasteiger partial charge in [0.25, 0.3) is 0 Å². The molecule has 2 rings (SSSR count). The summed E-state index contributed by atoms with van der Waals surface area (Å²) in [5, 5.41) is 19.4. The normalized spacial score (nSPS) is 24.9. The average molecular weight is 197 g/mol. The summed E-state index contributed by atoms with van der Waals surface area (Å²) in [4.78, 5) is 10.5. The van der Waals surface area contributed by atoms with Gasteiger partial charge in [-0.05, 0) is 0 Å². The van der Waals surface area contributed by atoms with Crippen LogP contribution >= 0.6 is 0 Å². The van der Waals surface area contributed by atoms with Crippen molar-refractivity contribution in [1.29, 1.82) is 0 Å². The van der Waals surface area contributed by atoms with Crippen LogP contribution in [0.4, 0.5) is 0 Å². The Morgan fingerprint density at radius 2 is 2.50 bits per heavy atom. The topological polar surface area (TPSA) is 116 Å². The van der Waals surface area contributed by atoms with Crippen LogP contribution in [-0.4, -0.2) is 38.3 Å². The quantitative estimate of drug-likeness (QED) is 0.465. The van der Waals surface area contributed by atoms with Crippen molar-refractivity contribution in [3.8, 4) is 0 Å². The number of aliphatic hydroxyl groups excluding tert-OH is 1. The molecule has 7 nitrogen and oxygen atoms in total. The van der Waals surface area contributed by atoms with Crippen LogP contribution in [-0.2, 0) is 17.8 Å². The second-order valence-corrected chi connectivity index (χ2v) is 3.30. The molecule has 1 aromatic rings. The summed E-state index contributed by atoms with van der Waals surface area (Å²) in [6, 6.07) is 0.0636. The van der Waals surface area contributed by atoms with Crippen LogP contribution in [0.3, 0.4) is 0 Å². The molecule has 0 spiro atoms. The number of hydrogen-bond donors (Lipinski definition) is 3. The minimum Gasteiger partial charge on any atom is -0.377 e. The largest absolute Gasteiger partial charge is 0.377 e. The van der Waals surface area contributed by atoms with Gasteiger partial charge < -0.3 is 10.8 Å². The Bertz CT molecular complexity index is 350. The molecule has 1 amide bonds. The second-order valence-electron chi connectivity index (χ2n) is 3.30. The lowest BCUT2D eigenvalue weighted by molar-refractivity contribution is -0.118. The van der Waals surface area contributed by atoms with E-state index in [1.807, 2.05) is 0 Å². The van der Waals surface area contributed by atoms with Crippen molar-refractivity contribution >= 4 is 5.91 Å².